The van der Waals surface area contributed by atoms with Crippen molar-refractivity contribution in [2.24, 2.45) is 0 Å². The van der Waals surface area contributed by atoms with Crippen molar-refractivity contribution in [3.05, 3.63) is 29.8 Å². The number of likely N-dealkylation sites (N-methyl/N-ethyl adjacent to an activating group) is 1. The van der Waals surface area contributed by atoms with Crippen molar-refractivity contribution < 1.29 is 14.3 Å². The maximum absolute atomic E-state index is 12.8. The summed E-state index contributed by atoms with van der Waals surface area (Å²) in [6, 6.07) is 6.60. The Morgan fingerprint density at radius 1 is 1.28 bits per heavy atom. The lowest BCUT2D eigenvalue weighted by atomic mass is 10.0. The van der Waals surface area contributed by atoms with Crippen LogP contribution >= 0.6 is 0 Å². The third kappa shape index (κ3) is 4.51. The normalized spacial score (nSPS) is 19.3. The molecule has 2 N–H and O–H groups in total. The van der Waals surface area contributed by atoms with E-state index in [1.165, 1.54) is 0 Å². The number of methoxy groups -OCH3 is 1. The predicted molar refractivity (Wildman–Crippen MR) is 97.4 cm³/mol. The minimum atomic E-state index is -0.556. The first-order chi connectivity index (χ1) is 11.8. The topological polar surface area (TPSA) is 70.7 Å². The number of ether oxygens (including phenoxy) is 1. The molecule has 1 fully saturated rings. The highest BCUT2D eigenvalue weighted by atomic mass is 16.5. The van der Waals surface area contributed by atoms with Crippen LogP contribution in [0, 0.1) is 0 Å². The number of hydrogen-bond acceptors (Lipinski definition) is 4. The van der Waals surface area contributed by atoms with Crippen molar-refractivity contribution in [2.45, 2.75) is 51.2 Å². The molecule has 6 heteroatoms. The minimum absolute atomic E-state index is 0.0335. The van der Waals surface area contributed by atoms with Crippen molar-refractivity contribution in [3.63, 3.8) is 0 Å². The SMILES string of the molecule is CNC(=O)[C@@H](c1ccccc1OC)N1CCC[C@H]1C(=O)NC(C)(C)C. The van der Waals surface area contributed by atoms with Gasteiger partial charge in [0, 0.05) is 24.7 Å². The van der Waals surface area contributed by atoms with E-state index in [0.29, 0.717) is 12.3 Å². The minimum Gasteiger partial charge on any atom is -0.496 e. The molecule has 1 aliphatic heterocycles. The summed E-state index contributed by atoms with van der Waals surface area (Å²) in [5, 5.41) is 5.77. The Morgan fingerprint density at radius 2 is 1.96 bits per heavy atom. The maximum atomic E-state index is 12.8. The van der Waals surface area contributed by atoms with Crippen molar-refractivity contribution in [2.75, 3.05) is 20.7 Å². The monoisotopic (exact) mass is 347 g/mol. The molecule has 0 unspecified atom stereocenters. The van der Waals surface area contributed by atoms with Crippen LogP contribution in [0.2, 0.25) is 0 Å². The van der Waals surface area contributed by atoms with Crippen LogP contribution in [0.25, 0.3) is 0 Å². The van der Waals surface area contributed by atoms with Gasteiger partial charge in [0.05, 0.1) is 13.2 Å². The van der Waals surface area contributed by atoms with Crippen molar-refractivity contribution in [1.29, 1.82) is 0 Å². The average Bonchev–Trinajstić information content (AvgIpc) is 3.03. The highest BCUT2D eigenvalue weighted by molar-refractivity contribution is 5.87. The largest absolute Gasteiger partial charge is 0.496 e. The molecule has 0 saturated carbocycles. The van der Waals surface area contributed by atoms with E-state index < -0.39 is 6.04 Å². The molecule has 0 spiro atoms. The second-order valence-corrected chi connectivity index (χ2v) is 7.39. The third-order valence-electron chi connectivity index (χ3n) is 4.35. The first-order valence-electron chi connectivity index (χ1n) is 8.70. The van der Waals surface area contributed by atoms with E-state index in [9.17, 15) is 9.59 Å². The number of hydrogen-bond donors (Lipinski definition) is 2. The first kappa shape index (κ1) is 19.2. The van der Waals surface area contributed by atoms with Gasteiger partial charge in [0.25, 0.3) is 0 Å². The summed E-state index contributed by atoms with van der Waals surface area (Å²) in [5.41, 5.74) is 0.470. The van der Waals surface area contributed by atoms with Gasteiger partial charge in [0.2, 0.25) is 11.8 Å². The number of rotatable bonds is 5. The van der Waals surface area contributed by atoms with Crippen LogP contribution in [0.4, 0.5) is 0 Å². The number of nitrogens with one attached hydrogen (secondary N) is 2. The van der Waals surface area contributed by atoms with Gasteiger partial charge in [-0.25, -0.2) is 0 Å². The number of para-hydroxylation sites is 1. The average molecular weight is 347 g/mol. The summed E-state index contributed by atoms with van der Waals surface area (Å²) in [6.45, 7) is 6.57. The Balaban J connectivity index is 2.37. The molecule has 2 amide bonds. The summed E-state index contributed by atoms with van der Waals surface area (Å²) in [5.74, 6) is 0.478. The van der Waals surface area contributed by atoms with E-state index in [-0.39, 0.29) is 23.4 Å². The highest BCUT2D eigenvalue weighted by Crippen LogP contribution is 2.34. The Morgan fingerprint density at radius 3 is 2.56 bits per heavy atom. The molecule has 138 valence electrons. The zero-order valence-electron chi connectivity index (χ0n) is 15.8. The molecular formula is C19H29N3O3. The van der Waals surface area contributed by atoms with E-state index in [2.05, 4.69) is 10.6 Å². The third-order valence-corrected chi connectivity index (χ3v) is 4.35. The predicted octanol–water partition coefficient (Wildman–Crippen LogP) is 1.86. The molecule has 0 aliphatic carbocycles. The van der Waals surface area contributed by atoms with Crippen LogP contribution in [0.3, 0.4) is 0 Å². The summed E-state index contributed by atoms with van der Waals surface area (Å²) >= 11 is 0. The zero-order chi connectivity index (χ0) is 18.6. The Kier molecular flexibility index (Phi) is 6.06. The van der Waals surface area contributed by atoms with Crippen LogP contribution in [0.5, 0.6) is 5.75 Å². The molecule has 1 saturated heterocycles. The van der Waals surface area contributed by atoms with E-state index in [1.807, 2.05) is 49.9 Å². The van der Waals surface area contributed by atoms with E-state index >= 15 is 0 Å². The van der Waals surface area contributed by atoms with E-state index in [4.69, 9.17) is 4.74 Å². The molecule has 0 radical (unpaired) electrons. The van der Waals surface area contributed by atoms with Crippen LogP contribution in [-0.2, 0) is 9.59 Å². The number of likely N-dealkylation sites (tertiary alicyclic amines) is 1. The fourth-order valence-corrected chi connectivity index (χ4v) is 3.33. The van der Waals surface area contributed by atoms with Crippen LogP contribution in [0.15, 0.2) is 24.3 Å². The molecule has 1 heterocycles. The highest BCUT2D eigenvalue weighted by Gasteiger charge is 2.40. The van der Waals surface area contributed by atoms with Gasteiger partial charge in [-0.1, -0.05) is 18.2 Å². The van der Waals surface area contributed by atoms with Crippen LogP contribution < -0.4 is 15.4 Å². The molecule has 2 atom stereocenters. The van der Waals surface area contributed by atoms with Gasteiger partial charge in [0.1, 0.15) is 11.8 Å². The first-order valence-corrected chi connectivity index (χ1v) is 8.70. The molecule has 25 heavy (non-hydrogen) atoms. The second kappa shape index (κ2) is 7.87. The Bertz CT molecular complexity index is 625. The van der Waals surface area contributed by atoms with Crippen molar-refractivity contribution >= 4 is 11.8 Å². The van der Waals surface area contributed by atoms with Gasteiger partial charge in [-0.2, -0.15) is 0 Å². The van der Waals surface area contributed by atoms with Gasteiger partial charge < -0.3 is 15.4 Å². The molecule has 6 nitrogen and oxygen atoms in total. The molecule has 2 rings (SSSR count). The maximum Gasteiger partial charge on any atom is 0.241 e. The molecule has 1 aromatic rings. The number of carbonyl (C=O) groups excluding carboxylic acids is 2. The van der Waals surface area contributed by atoms with E-state index in [1.54, 1.807) is 14.2 Å². The molecule has 1 aromatic carbocycles. The molecule has 0 bridgehead atoms. The number of carbonyl (C=O) groups is 2. The van der Waals surface area contributed by atoms with Gasteiger partial charge in [0.15, 0.2) is 0 Å². The zero-order valence-corrected chi connectivity index (χ0v) is 15.8. The lowest BCUT2D eigenvalue weighted by Gasteiger charge is -2.33. The quantitative estimate of drug-likeness (QED) is 0.853. The number of amides is 2. The van der Waals surface area contributed by atoms with Crippen molar-refractivity contribution in [3.8, 4) is 5.75 Å². The number of nitrogens with zero attached hydrogens (tertiary/aromatic N) is 1. The standard InChI is InChI=1S/C19H29N3O3/c1-19(2,3)21-17(23)14-10-8-12-22(14)16(18(24)20-4)13-9-6-7-11-15(13)25-5/h6-7,9,11,14,16H,8,10,12H2,1-5H3,(H,20,24)(H,21,23)/t14-,16+/m0/s1. The summed E-state index contributed by atoms with van der Waals surface area (Å²) in [4.78, 5) is 27.4. The smallest absolute Gasteiger partial charge is 0.241 e. The molecular weight excluding hydrogens is 318 g/mol. The lowest BCUT2D eigenvalue weighted by molar-refractivity contribution is -0.132. The number of benzene rings is 1. The van der Waals surface area contributed by atoms with Crippen molar-refractivity contribution in [1.82, 2.24) is 15.5 Å². The fourth-order valence-electron chi connectivity index (χ4n) is 3.33. The fraction of sp³-hybridized carbons (Fsp3) is 0.579. The van der Waals surface area contributed by atoms with Crippen LogP contribution in [-0.4, -0.2) is 49.0 Å². The van der Waals surface area contributed by atoms with Gasteiger partial charge in [-0.15, -0.1) is 0 Å². The summed E-state index contributed by atoms with van der Waals surface area (Å²) in [6.07, 6.45) is 1.62. The lowest BCUT2D eigenvalue weighted by Crippen LogP contribution is -2.52. The Labute approximate surface area is 149 Å². The second-order valence-electron chi connectivity index (χ2n) is 7.39. The molecule has 0 aromatic heterocycles. The van der Waals surface area contributed by atoms with E-state index in [0.717, 1.165) is 18.4 Å². The summed E-state index contributed by atoms with van der Waals surface area (Å²) in [7, 11) is 3.21. The van der Waals surface area contributed by atoms with Gasteiger partial charge in [-0.05, 0) is 39.7 Å². The molecule has 1 aliphatic rings. The van der Waals surface area contributed by atoms with Crippen LogP contribution in [0.1, 0.15) is 45.2 Å². The Hall–Kier alpha value is -2.08. The van der Waals surface area contributed by atoms with Gasteiger partial charge >= 0.3 is 0 Å². The van der Waals surface area contributed by atoms with Gasteiger partial charge in [-0.3, -0.25) is 14.5 Å². The summed E-state index contributed by atoms with van der Waals surface area (Å²) < 4.78 is 5.45.